The van der Waals surface area contributed by atoms with Gasteiger partial charge in [-0.3, -0.25) is 0 Å². The van der Waals surface area contributed by atoms with Crippen LogP contribution in [0.15, 0.2) is 0 Å². The normalized spacial score (nSPS) is 7.60. The van der Waals surface area contributed by atoms with Gasteiger partial charge in [0.15, 0.2) is 0 Å². The second kappa shape index (κ2) is 3.40. The van der Waals surface area contributed by atoms with E-state index in [9.17, 15) is 0 Å². The first-order chi connectivity index (χ1) is 2.27. The summed E-state index contributed by atoms with van der Waals surface area (Å²) in [4.78, 5) is 0. The molecule has 0 N–H and O–H groups in total. The van der Waals surface area contributed by atoms with Crippen LogP contribution in [-0.4, -0.2) is 3.66 Å². The van der Waals surface area contributed by atoms with E-state index in [0.29, 0.717) is 3.66 Å². The third-order valence-corrected chi connectivity index (χ3v) is 2.84. The second-order valence-corrected chi connectivity index (χ2v) is 3.34. The van der Waals surface area contributed by atoms with Crippen molar-refractivity contribution in [2.24, 2.45) is 0 Å². The Kier molecular flexibility index (Phi) is 4.23. The van der Waals surface area contributed by atoms with Crippen LogP contribution in [0, 0.1) is 0 Å². The van der Waals surface area contributed by atoms with Crippen molar-refractivity contribution in [2.75, 3.05) is 0 Å². The molecule has 0 aliphatic carbocycles. The van der Waals surface area contributed by atoms with Crippen molar-refractivity contribution < 1.29 is 0 Å². The highest BCUT2D eigenvalue weighted by molar-refractivity contribution is 9.52. The van der Waals surface area contributed by atoms with E-state index in [-0.39, 0.29) is 0 Å². The van der Waals surface area contributed by atoms with Crippen molar-refractivity contribution in [2.45, 2.75) is 0 Å². The summed E-state index contributed by atoms with van der Waals surface area (Å²) in [6.45, 7) is 0. The monoisotopic (exact) mass is 190 g/mol. The Hall–Kier alpha value is 1.21. The number of thiocarbonyl (C=S) groups is 1. The fourth-order valence-electron chi connectivity index (χ4n) is 0. The Morgan fingerprint density at radius 2 is 2.20 bits per heavy atom. The van der Waals surface area contributed by atoms with Crippen LogP contribution in [0.4, 0.5) is 0 Å². The molecule has 0 fully saturated rings. The quantitative estimate of drug-likeness (QED) is 0.426. The van der Waals surface area contributed by atoms with Gasteiger partial charge in [-0.25, -0.2) is 0 Å². The maximum absolute atomic E-state index is 5.11. The van der Waals surface area contributed by atoms with E-state index in [1.165, 1.54) is 10.2 Å². The Bertz CT molecular complexity index is 44.9. The highest BCUT2D eigenvalue weighted by atomic mass is 79.9. The van der Waals surface area contributed by atoms with Crippen LogP contribution in [0.3, 0.4) is 0 Å². The van der Waals surface area contributed by atoms with Gasteiger partial charge in [0, 0.05) is 0 Å². The molecule has 30 valence electrons. The average Bonchev–Trinajstić information content (AvgIpc) is 1.38. The van der Waals surface area contributed by atoms with E-state index in [0.717, 1.165) is 0 Å². The maximum Gasteiger partial charge on any atom is 0.148 e. The van der Waals surface area contributed by atoms with Crippen LogP contribution < -0.4 is 0 Å². The summed E-state index contributed by atoms with van der Waals surface area (Å²) in [6.07, 6.45) is 0. The van der Waals surface area contributed by atoms with Crippen LogP contribution >= 0.6 is 48.8 Å². The first-order valence-electron chi connectivity index (χ1n) is 0.752. The van der Waals surface area contributed by atoms with Crippen LogP contribution in [0.1, 0.15) is 0 Å². The van der Waals surface area contributed by atoms with Gasteiger partial charge in [0.05, 0.1) is 0 Å². The minimum absolute atomic E-state index is 0.394. The molecule has 0 aliphatic heterocycles. The zero-order chi connectivity index (χ0) is 4.28. The van der Waals surface area contributed by atoms with Crippen LogP contribution in [0.2, 0.25) is 0 Å². The van der Waals surface area contributed by atoms with Crippen LogP contribution in [0.5, 0.6) is 0 Å². The summed E-state index contributed by atoms with van der Waals surface area (Å²) in [6, 6.07) is 0. The van der Waals surface area contributed by atoms with E-state index in [1.54, 1.807) is 0 Å². The predicted octanol–water partition coefficient (Wildman–Crippen LogP) is 2.55. The zero-order valence-corrected chi connectivity index (χ0v) is 6.05. The topological polar surface area (TPSA) is 0 Å². The van der Waals surface area contributed by atoms with Gasteiger partial charge in [0.1, 0.15) is 3.66 Å². The summed E-state index contributed by atoms with van der Waals surface area (Å²) in [5.74, 6) is 0. The Morgan fingerprint density at radius 1 is 2.00 bits per heavy atom. The molecular weight excluding hydrogens is 192 g/mol. The molecular formula is CBrClS2. The molecule has 5 heavy (non-hydrogen) atoms. The number of hydrogen-bond acceptors (Lipinski definition) is 2. The molecule has 0 bridgehead atoms. The predicted molar refractivity (Wildman–Crippen MR) is 35.0 cm³/mol. The third kappa shape index (κ3) is 5.21. The molecule has 0 heterocycles. The summed E-state index contributed by atoms with van der Waals surface area (Å²) < 4.78 is 0.394. The largest absolute Gasteiger partial charge is 0.148 e. The fourth-order valence-corrected chi connectivity index (χ4v) is 0. The second-order valence-electron chi connectivity index (χ2n) is 0.315. The Labute approximate surface area is 52.5 Å². The molecule has 0 aromatic carbocycles. The average molecular weight is 192 g/mol. The van der Waals surface area contributed by atoms with E-state index >= 15 is 0 Å². The number of hydrogen-bond donors (Lipinski definition) is 0. The molecule has 0 unspecified atom stereocenters. The van der Waals surface area contributed by atoms with Crippen molar-refractivity contribution in [1.82, 2.24) is 0 Å². The SMILES string of the molecule is S=C(Cl)SBr. The van der Waals surface area contributed by atoms with E-state index in [1.807, 2.05) is 0 Å². The molecule has 0 aromatic heterocycles. The van der Waals surface area contributed by atoms with Gasteiger partial charge in [0.2, 0.25) is 0 Å². The van der Waals surface area contributed by atoms with Gasteiger partial charge in [-0.2, -0.15) is 0 Å². The van der Waals surface area contributed by atoms with E-state index in [2.05, 4.69) is 27.0 Å². The third-order valence-electron chi connectivity index (χ3n) is 0.0607. The summed E-state index contributed by atoms with van der Waals surface area (Å²) >= 11 is 12.4. The van der Waals surface area contributed by atoms with Gasteiger partial charge in [-0.1, -0.05) is 23.8 Å². The van der Waals surface area contributed by atoms with Gasteiger partial charge >= 0.3 is 0 Å². The standard InChI is InChI=1S/CBrClS2/c2-5-1(3)4. The minimum Gasteiger partial charge on any atom is -0.0629 e. The maximum atomic E-state index is 5.11. The lowest BCUT2D eigenvalue weighted by Crippen LogP contribution is -1.53. The fraction of sp³-hybridized carbons (Fsp3) is 0. The van der Waals surface area contributed by atoms with Gasteiger partial charge in [-0.05, 0) is 25.0 Å². The van der Waals surface area contributed by atoms with Crippen molar-refractivity contribution in [3.05, 3.63) is 0 Å². The highest BCUT2D eigenvalue weighted by Gasteiger charge is 1.78. The molecule has 0 atom stereocenters. The van der Waals surface area contributed by atoms with E-state index in [4.69, 9.17) is 11.6 Å². The summed E-state index contributed by atoms with van der Waals surface area (Å²) in [7, 11) is 1.19. The highest BCUT2D eigenvalue weighted by Crippen LogP contribution is 2.14. The van der Waals surface area contributed by atoms with Crippen molar-refractivity contribution >= 4 is 52.5 Å². The molecule has 4 heteroatoms. The van der Waals surface area contributed by atoms with E-state index < -0.39 is 0 Å². The molecule has 0 amide bonds. The number of rotatable bonds is 0. The van der Waals surface area contributed by atoms with Crippen molar-refractivity contribution in [3.8, 4) is 0 Å². The lowest BCUT2D eigenvalue weighted by atomic mass is 11.9. The van der Waals surface area contributed by atoms with Gasteiger partial charge < -0.3 is 0 Å². The first-order valence-corrected chi connectivity index (χ1v) is 4.20. The summed E-state index contributed by atoms with van der Waals surface area (Å²) in [5.41, 5.74) is 0. The Balaban J connectivity index is 2.85. The number of halogens is 2. The lowest BCUT2D eigenvalue weighted by molar-refractivity contribution is 4.02. The van der Waals surface area contributed by atoms with Crippen molar-refractivity contribution in [3.63, 3.8) is 0 Å². The summed E-state index contributed by atoms with van der Waals surface area (Å²) in [5, 5.41) is 0. The molecule has 0 aromatic rings. The van der Waals surface area contributed by atoms with Crippen LogP contribution in [0.25, 0.3) is 0 Å². The molecule has 0 spiro atoms. The van der Waals surface area contributed by atoms with Gasteiger partial charge in [0.25, 0.3) is 0 Å². The minimum atomic E-state index is 0.394. The Morgan fingerprint density at radius 3 is 2.20 bits per heavy atom. The molecule has 0 rings (SSSR count). The molecule has 0 radical (unpaired) electrons. The van der Waals surface area contributed by atoms with Crippen molar-refractivity contribution in [1.29, 1.82) is 0 Å². The van der Waals surface area contributed by atoms with Gasteiger partial charge in [-0.15, -0.1) is 0 Å². The lowest BCUT2D eigenvalue weighted by Gasteiger charge is -1.69. The molecule has 0 aliphatic rings. The molecule has 0 nitrogen and oxygen atoms in total. The van der Waals surface area contributed by atoms with Crippen LogP contribution in [-0.2, 0) is 0 Å². The first kappa shape index (κ1) is 6.21. The molecule has 0 saturated heterocycles. The smallest absolute Gasteiger partial charge is 0.0629 e. The zero-order valence-electron chi connectivity index (χ0n) is 2.07. The molecule has 0 saturated carbocycles.